The Morgan fingerprint density at radius 1 is 0.889 bits per heavy atom. The quantitative estimate of drug-likeness (QED) is 0.180. The van der Waals surface area contributed by atoms with Gasteiger partial charge in [0.15, 0.2) is 0 Å². The van der Waals surface area contributed by atoms with Gasteiger partial charge in [0, 0.05) is 30.1 Å². The van der Waals surface area contributed by atoms with Crippen LogP contribution in [-0.2, 0) is 32.6 Å². The van der Waals surface area contributed by atoms with Gasteiger partial charge in [-0.1, -0.05) is 73.1 Å². The lowest BCUT2D eigenvalue weighted by Gasteiger charge is -2.34. The van der Waals surface area contributed by atoms with E-state index in [1.807, 2.05) is 51.1 Å². The van der Waals surface area contributed by atoms with E-state index in [-0.39, 0.29) is 29.1 Å². The zero-order valence-electron chi connectivity index (χ0n) is 25.5. The number of anilines is 1. The Balaban J connectivity index is 1.82. The van der Waals surface area contributed by atoms with Crippen molar-refractivity contribution in [3.63, 3.8) is 0 Å². The number of halogens is 2. The van der Waals surface area contributed by atoms with Gasteiger partial charge in [-0.05, 0) is 79.4 Å². The van der Waals surface area contributed by atoms with Crippen molar-refractivity contribution in [2.24, 2.45) is 0 Å². The summed E-state index contributed by atoms with van der Waals surface area (Å²) in [5.74, 6) is -1.62. The number of hydrogen-bond acceptors (Lipinski definition) is 4. The Kier molecular flexibility index (Phi) is 11.4. The van der Waals surface area contributed by atoms with E-state index in [9.17, 15) is 18.0 Å². The van der Waals surface area contributed by atoms with Crippen molar-refractivity contribution in [3.8, 4) is 0 Å². The monoisotopic (exact) mass is 649 g/mol. The summed E-state index contributed by atoms with van der Waals surface area (Å²) in [6.45, 7) is 5.18. The summed E-state index contributed by atoms with van der Waals surface area (Å²) in [5, 5.41) is 3.24. The lowest BCUT2D eigenvalue weighted by Crippen LogP contribution is -2.53. The minimum absolute atomic E-state index is 0.0555. The van der Waals surface area contributed by atoms with Crippen LogP contribution in [0.5, 0.6) is 0 Å². The Morgan fingerprint density at radius 2 is 1.56 bits per heavy atom. The van der Waals surface area contributed by atoms with Gasteiger partial charge in [0.05, 0.1) is 10.6 Å². The van der Waals surface area contributed by atoms with Crippen molar-refractivity contribution in [1.82, 2.24) is 10.2 Å². The molecule has 236 valence electrons. The van der Waals surface area contributed by atoms with Crippen molar-refractivity contribution in [1.29, 1.82) is 0 Å². The number of nitrogens with zero attached hydrogens (tertiary/aromatic N) is 2. The molecule has 0 unspecified atom stereocenters. The molecule has 10 heteroatoms. The molecule has 0 spiro atoms. The van der Waals surface area contributed by atoms with E-state index in [0.29, 0.717) is 18.0 Å². The molecule has 0 radical (unpaired) electrons. The standard InChI is InChI=1S/C35H37ClFN3O4S/c1-4-20-38-35(42)33(22-27-10-6-5-7-11-27)39(23-28-12-8-9-13-32(28)37)34(41)24-40(30-17-14-25(2)26(3)21-30)45(43,44)31-18-15-29(36)16-19-31/h5-19,21,33H,4,20,22-24H2,1-3H3,(H,38,42)/t33-/m1/s1. The van der Waals surface area contributed by atoms with Gasteiger partial charge in [0.2, 0.25) is 11.8 Å². The lowest BCUT2D eigenvalue weighted by molar-refractivity contribution is -0.140. The molecule has 1 N–H and O–H groups in total. The van der Waals surface area contributed by atoms with E-state index >= 15 is 4.39 Å². The molecule has 0 aliphatic carbocycles. The maximum Gasteiger partial charge on any atom is 0.264 e. The van der Waals surface area contributed by atoms with Crippen LogP contribution in [0.4, 0.5) is 10.1 Å². The highest BCUT2D eigenvalue weighted by Crippen LogP contribution is 2.28. The second kappa shape index (κ2) is 15.2. The second-order valence-corrected chi connectivity index (χ2v) is 13.1. The smallest absolute Gasteiger partial charge is 0.264 e. The molecule has 0 aliphatic rings. The van der Waals surface area contributed by atoms with E-state index in [1.54, 1.807) is 36.4 Å². The molecular weight excluding hydrogens is 613 g/mol. The number of sulfonamides is 1. The molecule has 4 aromatic carbocycles. The zero-order chi connectivity index (χ0) is 32.6. The van der Waals surface area contributed by atoms with Crippen molar-refractivity contribution >= 4 is 39.1 Å². The van der Waals surface area contributed by atoms with Gasteiger partial charge in [-0.3, -0.25) is 13.9 Å². The van der Waals surface area contributed by atoms with Crippen LogP contribution in [-0.4, -0.2) is 44.3 Å². The summed E-state index contributed by atoms with van der Waals surface area (Å²) in [6, 6.07) is 25.0. The fraction of sp³-hybridized carbons (Fsp3) is 0.257. The lowest BCUT2D eigenvalue weighted by atomic mass is 10.0. The van der Waals surface area contributed by atoms with Crippen LogP contribution in [0, 0.1) is 19.7 Å². The van der Waals surface area contributed by atoms with Crippen molar-refractivity contribution in [3.05, 3.63) is 130 Å². The number of benzene rings is 4. The summed E-state index contributed by atoms with van der Waals surface area (Å²) in [4.78, 5) is 29.3. The van der Waals surface area contributed by atoms with Crippen LogP contribution in [0.25, 0.3) is 0 Å². The number of nitrogens with one attached hydrogen (secondary N) is 1. The summed E-state index contributed by atoms with van der Waals surface area (Å²) < 4.78 is 44.3. The minimum Gasteiger partial charge on any atom is -0.354 e. The number of amides is 2. The van der Waals surface area contributed by atoms with Gasteiger partial charge < -0.3 is 10.2 Å². The number of rotatable bonds is 13. The largest absolute Gasteiger partial charge is 0.354 e. The normalized spacial score (nSPS) is 11.9. The van der Waals surface area contributed by atoms with Crippen LogP contribution in [0.1, 0.15) is 35.6 Å². The first-order valence-corrected chi connectivity index (χ1v) is 16.5. The van der Waals surface area contributed by atoms with Gasteiger partial charge in [0.25, 0.3) is 10.0 Å². The van der Waals surface area contributed by atoms with Crippen molar-refractivity contribution in [2.45, 2.75) is 51.1 Å². The molecule has 0 saturated heterocycles. The Labute approximate surface area is 269 Å². The molecule has 4 rings (SSSR count). The molecular formula is C35H37ClFN3O4S. The van der Waals surface area contributed by atoms with Crippen LogP contribution in [0.3, 0.4) is 0 Å². The molecule has 2 amide bonds. The van der Waals surface area contributed by atoms with Gasteiger partial charge in [-0.2, -0.15) is 0 Å². The Morgan fingerprint density at radius 3 is 2.20 bits per heavy atom. The first-order valence-electron chi connectivity index (χ1n) is 14.7. The number of carbonyl (C=O) groups excluding carboxylic acids is 2. The molecule has 7 nitrogen and oxygen atoms in total. The summed E-state index contributed by atoms with van der Waals surface area (Å²) in [6.07, 6.45) is 0.815. The maximum atomic E-state index is 15.0. The molecule has 0 fully saturated rings. The van der Waals surface area contributed by atoms with Gasteiger partial charge >= 0.3 is 0 Å². The highest BCUT2D eigenvalue weighted by Gasteiger charge is 2.35. The van der Waals surface area contributed by atoms with E-state index < -0.39 is 40.2 Å². The first-order chi connectivity index (χ1) is 21.5. The number of aryl methyl sites for hydroxylation is 2. The molecule has 0 aliphatic heterocycles. The van der Waals surface area contributed by atoms with E-state index in [0.717, 1.165) is 21.0 Å². The highest BCUT2D eigenvalue weighted by atomic mass is 35.5. The molecule has 0 bridgehead atoms. The van der Waals surface area contributed by atoms with E-state index in [2.05, 4.69) is 5.32 Å². The van der Waals surface area contributed by atoms with Crippen LogP contribution >= 0.6 is 11.6 Å². The molecule has 0 saturated carbocycles. The third kappa shape index (κ3) is 8.49. The summed E-state index contributed by atoms with van der Waals surface area (Å²) in [5.41, 5.74) is 3.05. The molecule has 0 aromatic heterocycles. The van der Waals surface area contributed by atoms with Crippen LogP contribution < -0.4 is 9.62 Å². The average Bonchev–Trinajstić information content (AvgIpc) is 3.03. The molecule has 1 atom stereocenters. The van der Waals surface area contributed by atoms with Gasteiger partial charge in [0.1, 0.15) is 18.4 Å². The van der Waals surface area contributed by atoms with Gasteiger partial charge in [-0.15, -0.1) is 0 Å². The summed E-state index contributed by atoms with van der Waals surface area (Å²) in [7, 11) is -4.28. The molecule has 45 heavy (non-hydrogen) atoms. The summed E-state index contributed by atoms with van der Waals surface area (Å²) >= 11 is 6.04. The zero-order valence-corrected chi connectivity index (χ0v) is 27.1. The highest BCUT2D eigenvalue weighted by molar-refractivity contribution is 7.92. The SMILES string of the molecule is CCCNC(=O)[C@@H](Cc1ccccc1)N(Cc1ccccc1F)C(=O)CN(c1ccc(C)c(C)c1)S(=O)(=O)c1ccc(Cl)cc1. The predicted molar refractivity (Wildman–Crippen MR) is 176 cm³/mol. The van der Waals surface area contributed by atoms with E-state index in [4.69, 9.17) is 11.6 Å². The van der Waals surface area contributed by atoms with E-state index in [1.165, 1.54) is 35.2 Å². The first kappa shape index (κ1) is 33.7. The predicted octanol–water partition coefficient (Wildman–Crippen LogP) is 6.46. The topological polar surface area (TPSA) is 86.8 Å². The maximum absolute atomic E-state index is 15.0. The third-order valence-electron chi connectivity index (χ3n) is 7.58. The number of carbonyl (C=O) groups is 2. The fourth-order valence-electron chi connectivity index (χ4n) is 4.87. The van der Waals surface area contributed by atoms with Crippen LogP contribution in [0.15, 0.2) is 102 Å². The molecule has 4 aromatic rings. The second-order valence-electron chi connectivity index (χ2n) is 10.8. The number of hydrogen-bond donors (Lipinski definition) is 1. The average molecular weight is 650 g/mol. The van der Waals surface area contributed by atoms with Crippen molar-refractivity contribution in [2.75, 3.05) is 17.4 Å². The Hall–Kier alpha value is -4.21. The molecule has 0 heterocycles. The Bertz CT molecular complexity index is 1730. The van der Waals surface area contributed by atoms with Gasteiger partial charge in [-0.25, -0.2) is 12.8 Å². The van der Waals surface area contributed by atoms with Crippen LogP contribution in [0.2, 0.25) is 5.02 Å². The third-order valence-corrected chi connectivity index (χ3v) is 9.62. The minimum atomic E-state index is -4.28. The van der Waals surface area contributed by atoms with Crippen molar-refractivity contribution < 1.29 is 22.4 Å². The fourth-order valence-corrected chi connectivity index (χ4v) is 6.41.